The fourth-order valence-corrected chi connectivity index (χ4v) is 4.03. The Morgan fingerprint density at radius 3 is 2.65 bits per heavy atom. The second-order valence-electron chi connectivity index (χ2n) is 6.84. The summed E-state index contributed by atoms with van der Waals surface area (Å²) < 4.78 is 0. The number of carbonyl (C=O) groups is 1. The third-order valence-corrected chi connectivity index (χ3v) is 5.67. The first-order chi connectivity index (χ1) is 11.3. The highest BCUT2D eigenvalue weighted by molar-refractivity contribution is 7.08. The quantitative estimate of drug-likeness (QED) is 0.886. The second kappa shape index (κ2) is 6.10. The molecule has 4 heteroatoms. The summed E-state index contributed by atoms with van der Waals surface area (Å²) in [7, 11) is 0. The molecule has 120 valence electrons. The molecule has 1 saturated carbocycles. The van der Waals surface area contributed by atoms with Crippen molar-refractivity contribution in [1.29, 1.82) is 0 Å². The maximum absolute atomic E-state index is 12.7. The molecule has 1 aromatic carbocycles. The molecule has 0 radical (unpaired) electrons. The average Bonchev–Trinajstić information content (AvgIpc) is 3.06. The molecular formula is C19H22N2OS. The van der Waals surface area contributed by atoms with Crippen LogP contribution in [0.15, 0.2) is 41.1 Å². The van der Waals surface area contributed by atoms with E-state index in [0.29, 0.717) is 6.04 Å². The molecule has 2 fully saturated rings. The van der Waals surface area contributed by atoms with Crippen LogP contribution in [0.4, 0.5) is 0 Å². The van der Waals surface area contributed by atoms with Gasteiger partial charge in [-0.05, 0) is 65.7 Å². The number of amides is 1. The Morgan fingerprint density at radius 1 is 1.22 bits per heavy atom. The van der Waals surface area contributed by atoms with Crippen LogP contribution in [0.25, 0.3) is 11.1 Å². The van der Waals surface area contributed by atoms with E-state index in [-0.39, 0.29) is 11.3 Å². The van der Waals surface area contributed by atoms with Crippen molar-refractivity contribution in [1.82, 2.24) is 10.6 Å². The molecule has 0 spiro atoms. The maximum Gasteiger partial charge on any atom is 0.228 e. The van der Waals surface area contributed by atoms with E-state index in [1.54, 1.807) is 11.3 Å². The fourth-order valence-electron chi connectivity index (χ4n) is 3.37. The van der Waals surface area contributed by atoms with Crippen LogP contribution in [0.1, 0.15) is 24.8 Å². The van der Waals surface area contributed by atoms with E-state index in [9.17, 15) is 4.79 Å². The zero-order valence-electron chi connectivity index (χ0n) is 13.2. The Balaban J connectivity index is 1.51. The molecule has 3 nitrogen and oxygen atoms in total. The molecule has 1 saturated heterocycles. The number of carbonyl (C=O) groups excluding carboxylic acids is 1. The highest BCUT2D eigenvalue weighted by Crippen LogP contribution is 2.33. The number of nitrogens with one attached hydrogen (secondary N) is 2. The van der Waals surface area contributed by atoms with Crippen LogP contribution in [0.5, 0.6) is 0 Å². The number of rotatable bonds is 5. The molecule has 2 aliphatic rings. The molecule has 1 aromatic heterocycles. The van der Waals surface area contributed by atoms with Crippen molar-refractivity contribution >= 4 is 17.2 Å². The van der Waals surface area contributed by atoms with Gasteiger partial charge in [0, 0.05) is 12.6 Å². The van der Waals surface area contributed by atoms with Gasteiger partial charge in [-0.1, -0.05) is 24.3 Å². The predicted octanol–water partition coefficient (Wildman–Crippen LogP) is 3.22. The predicted molar refractivity (Wildman–Crippen MR) is 94.5 cm³/mol. The van der Waals surface area contributed by atoms with Crippen molar-refractivity contribution in [2.45, 2.75) is 31.7 Å². The summed E-state index contributed by atoms with van der Waals surface area (Å²) in [5, 5.41) is 10.9. The Morgan fingerprint density at radius 2 is 2.04 bits per heavy atom. The highest BCUT2D eigenvalue weighted by atomic mass is 32.1. The summed E-state index contributed by atoms with van der Waals surface area (Å²) in [6.07, 6.45) is 4.04. The first-order valence-corrected chi connectivity index (χ1v) is 9.33. The number of hydrogen-bond donors (Lipinski definition) is 2. The molecule has 1 unspecified atom stereocenters. The van der Waals surface area contributed by atoms with Crippen LogP contribution < -0.4 is 10.6 Å². The maximum atomic E-state index is 12.7. The van der Waals surface area contributed by atoms with E-state index < -0.39 is 0 Å². The van der Waals surface area contributed by atoms with E-state index >= 15 is 0 Å². The molecule has 2 N–H and O–H groups in total. The van der Waals surface area contributed by atoms with Gasteiger partial charge in [-0.15, -0.1) is 0 Å². The zero-order chi connectivity index (χ0) is 15.7. The molecule has 1 amide bonds. The lowest BCUT2D eigenvalue weighted by atomic mass is 9.79. The summed E-state index contributed by atoms with van der Waals surface area (Å²) in [5.74, 6) is 0.243. The first-order valence-electron chi connectivity index (χ1n) is 8.38. The molecule has 0 bridgehead atoms. The zero-order valence-corrected chi connectivity index (χ0v) is 14.0. The Kier molecular flexibility index (Phi) is 3.95. The van der Waals surface area contributed by atoms with Crippen molar-refractivity contribution < 1.29 is 4.79 Å². The first kappa shape index (κ1) is 14.9. The molecule has 2 heterocycles. The highest BCUT2D eigenvalue weighted by Gasteiger charge is 2.42. The van der Waals surface area contributed by atoms with Crippen molar-refractivity contribution in [3.05, 3.63) is 46.7 Å². The minimum atomic E-state index is -0.271. The average molecular weight is 326 g/mol. The second-order valence-corrected chi connectivity index (χ2v) is 7.62. The van der Waals surface area contributed by atoms with Crippen LogP contribution in [-0.2, 0) is 11.2 Å². The third kappa shape index (κ3) is 3.19. The Labute approximate surface area is 141 Å². The van der Waals surface area contributed by atoms with E-state index in [4.69, 9.17) is 0 Å². The van der Waals surface area contributed by atoms with Gasteiger partial charge in [-0.2, -0.15) is 11.3 Å². The van der Waals surface area contributed by atoms with E-state index in [2.05, 4.69) is 51.7 Å². The summed E-state index contributed by atoms with van der Waals surface area (Å²) in [6, 6.07) is 11.3. The molecular weight excluding hydrogens is 304 g/mol. The number of thiophene rings is 1. The molecule has 1 atom stereocenters. The van der Waals surface area contributed by atoms with Crippen LogP contribution in [0.2, 0.25) is 0 Å². The summed E-state index contributed by atoms with van der Waals surface area (Å²) in [6.45, 7) is 1.73. The molecule has 2 aromatic rings. The van der Waals surface area contributed by atoms with Gasteiger partial charge in [0.2, 0.25) is 5.91 Å². The van der Waals surface area contributed by atoms with Crippen LogP contribution >= 0.6 is 11.3 Å². The van der Waals surface area contributed by atoms with Crippen LogP contribution in [-0.4, -0.2) is 25.0 Å². The lowest BCUT2D eigenvalue weighted by Gasteiger charge is -2.27. The van der Waals surface area contributed by atoms with Crippen molar-refractivity contribution in [3.63, 3.8) is 0 Å². The van der Waals surface area contributed by atoms with Crippen LogP contribution in [0, 0.1) is 5.41 Å². The van der Waals surface area contributed by atoms with E-state index in [0.717, 1.165) is 38.8 Å². The largest absolute Gasteiger partial charge is 0.353 e. The fraction of sp³-hybridized carbons (Fsp3) is 0.421. The van der Waals surface area contributed by atoms with Gasteiger partial charge in [-0.3, -0.25) is 4.79 Å². The summed E-state index contributed by atoms with van der Waals surface area (Å²) >= 11 is 1.72. The lowest BCUT2D eigenvalue weighted by molar-refractivity contribution is -0.130. The Bertz CT molecular complexity index is 668. The van der Waals surface area contributed by atoms with Crippen molar-refractivity contribution in [2.75, 3.05) is 13.1 Å². The van der Waals surface area contributed by atoms with E-state index in [1.165, 1.54) is 16.7 Å². The standard InChI is InChI=1S/C19H22N2OS/c22-18(21-17-5-6-17)19(8-9-20-13-19)11-14-1-3-15(4-2-14)16-7-10-23-12-16/h1-4,7,10,12,17,20H,5-6,8-9,11,13H2,(H,21,22). The van der Waals surface area contributed by atoms with Gasteiger partial charge in [-0.25, -0.2) is 0 Å². The lowest BCUT2D eigenvalue weighted by Crippen LogP contribution is -2.44. The van der Waals surface area contributed by atoms with Crippen molar-refractivity contribution in [2.24, 2.45) is 5.41 Å². The SMILES string of the molecule is O=C(NC1CC1)C1(Cc2ccc(-c3ccsc3)cc2)CCNC1. The van der Waals surface area contributed by atoms with Gasteiger partial charge < -0.3 is 10.6 Å². The number of hydrogen-bond acceptors (Lipinski definition) is 3. The molecule has 23 heavy (non-hydrogen) atoms. The van der Waals surface area contributed by atoms with Gasteiger partial charge in [0.1, 0.15) is 0 Å². The van der Waals surface area contributed by atoms with Gasteiger partial charge in [0.05, 0.1) is 5.41 Å². The van der Waals surface area contributed by atoms with Crippen LogP contribution in [0.3, 0.4) is 0 Å². The summed E-state index contributed by atoms with van der Waals surface area (Å²) in [5.41, 5.74) is 3.49. The van der Waals surface area contributed by atoms with Gasteiger partial charge in [0.25, 0.3) is 0 Å². The minimum Gasteiger partial charge on any atom is -0.353 e. The number of benzene rings is 1. The van der Waals surface area contributed by atoms with Crippen molar-refractivity contribution in [3.8, 4) is 11.1 Å². The monoisotopic (exact) mass is 326 g/mol. The minimum absolute atomic E-state index is 0.243. The topological polar surface area (TPSA) is 41.1 Å². The Hall–Kier alpha value is -1.65. The van der Waals surface area contributed by atoms with E-state index in [1.807, 2.05) is 0 Å². The summed E-state index contributed by atoms with van der Waals surface area (Å²) in [4.78, 5) is 12.7. The third-order valence-electron chi connectivity index (χ3n) is 4.99. The normalized spacial score (nSPS) is 23.8. The molecule has 4 rings (SSSR count). The van der Waals surface area contributed by atoms with Gasteiger partial charge >= 0.3 is 0 Å². The smallest absolute Gasteiger partial charge is 0.228 e. The molecule has 1 aliphatic carbocycles. The molecule has 1 aliphatic heterocycles. The van der Waals surface area contributed by atoms with Gasteiger partial charge in [0.15, 0.2) is 0 Å².